The van der Waals surface area contributed by atoms with Crippen LogP contribution in [0.1, 0.15) is 58.8 Å². The van der Waals surface area contributed by atoms with E-state index in [9.17, 15) is 45.6 Å². The van der Waals surface area contributed by atoms with Gasteiger partial charge in [0.15, 0.2) is 12.6 Å². The molecular formula is C27H49NO13. The van der Waals surface area contributed by atoms with E-state index < -0.39 is 86.8 Å². The molecule has 14 heteroatoms. The van der Waals surface area contributed by atoms with Gasteiger partial charge in [-0.2, -0.15) is 0 Å². The minimum atomic E-state index is -1.78. The van der Waals surface area contributed by atoms with Crippen molar-refractivity contribution in [2.75, 3.05) is 19.8 Å². The predicted molar refractivity (Wildman–Crippen MR) is 143 cm³/mol. The molecule has 1 amide bonds. The number of unbranched alkanes of at least 4 members (excludes halogenated alkanes) is 4. The topological polar surface area (TPSA) is 228 Å². The first kappa shape index (κ1) is 35.9. The third-order valence-electron chi connectivity index (χ3n) is 7.22. The van der Waals surface area contributed by atoms with Crippen LogP contribution in [-0.2, 0) is 23.7 Å². The fourth-order valence-corrected chi connectivity index (χ4v) is 4.62. The molecule has 12 atom stereocenters. The van der Waals surface area contributed by atoms with Crippen LogP contribution in [0.15, 0.2) is 12.2 Å². The number of allylic oxidation sites excluding steroid dienone is 1. The molecule has 0 spiro atoms. The molecule has 2 heterocycles. The van der Waals surface area contributed by atoms with E-state index in [-0.39, 0.29) is 18.9 Å². The first-order valence-electron chi connectivity index (χ1n) is 14.4. The molecule has 2 aliphatic rings. The van der Waals surface area contributed by atoms with Crippen LogP contribution in [0.3, 0.4) is 0 Å². The molecule has 0 aromatic heterocycles. The van der Waals surface area contributed by atoms with Gasteiger partial charge in [-0.15, -0.1) is 0 Å². The summed E-state index contributed by atoms with van der Waals surface area (Å²) in [6, 6.07) is -0.898. The zero-order valence-corrected chi connectivity index (χ0v) is 23.8. The van der Waals surface area contributed by atoms with Gasteiger partial charge in [-0.1, -0.05) is 51.7 Å². The van der Waals surface area contributed by atoms with Crippen LogP contribution in [0.2, 0.25) is 0 Å². The van der Waals surface area contributed by atoms with Crippen molar-refractivity contribution in [2.24, 2.45) is 0 Å². The lowest BCUT2D eigenvalue weighted by atomic mass is 9.97. The zero-order valence-electron chi connectivity index (χ0n) is 23.8. The minimum Gasteiger partial charge on any atom is -0.394 e. The smallest absolute Gasteiger partial charge is 0.220 e. The van der Waals surface area contributed by atoms with Gasteiger partial charge in [0.25, 0.3) is 0 Å². The SMILES string of the molecule is CCCC/C=C/C(O)C(COC1OC(CO)C(OC2OC(CO)C(O)C(O)C2O)C(O)C1O)NC(=O)CCCCC. The standard InChI is InChI=1S/C27H49NO13/c1-3-5-7-9-10-16(31)15(28-19(32)11-8-6-4-2)14-38-26-24(37)22(35)25(18(13-30)40-26)41-27-23(36)21(34)20(33)17(12-29)39-27/h9-10,15-18,20-27,29-31,33-37H,3-8,11-14H2,1-2H3,(H,28,32)/b10-9+. The molecule has 0 aliphatic carbocycles. The van der Waals surface area contributed by atoms with Crippen LogP contribution in [0, 0.1) is 0 Å². The summed E-state index contributed by atoms with van der Waals surface area (Å²) in [4.78, 5) is 12.5. The number of hydrogen-bond donors (Lipinski definition) is 9. The van der Waals surface area contributed by atoms with Crippen molar-refractivity contribution in [3.63, 3.8) is 0 Å². The Morgan fingerprint density at radius 3 is 2.12 bits per heavy atom. The molecule has 2 rings (SSSR count). The average Bonchev–Trinajstić information content (AvgIpc) is 2.96. The molecule has 2 fully saturated rings. The maximum atomic E-state index is 12.5. The molecule has 12 unspecified atom stereocenters. The lowest BCUT2D eigenvalue weighted by Gasteiger charge is -2.46. The summed E-state index contributed by atoms with van der Waals surface area (Å²) in [6.45, 7) is 2.34. The Morgan fingerprint density at radius 2 is 1.49 bits per heavy atom. The van der Waals surface area contributed by atoms with Crippen molar-refractivity contribution >= 4 is 5.91 Å². The summed E-state index contributed by atoms with van der Waals surface area (Å²) < 4.78 is 22.1. The van der Waals surface area contributed by atoms with Gasteiger partial charge < -0.3 is 65.1 Å². The van der Waals surface area contributed by atoms with E-state index in [0.717, 1.165) is 32.1 Å². The van der Waals surface area contributed by atoms with E-state index in [1.807, 2.05) is 19.9 Å². The van der Waals surface area contributed by atoms with Gasteiger partial charge in [-0.05, 0) is 12.8 Å². The molecule has 41 heavy (non-hydrogen) atoms. The highest BCUT2D eigenvalue weighted by Crippen LogP contribution is 2.29. The molecule has 2 aliphatic heterocycles. The minimum absolute atomic E-state index is 0.265. The van der Waals surface area contributed by atoms with E-state index in [1.54, 1.807) is 6.08 Å². The summed E-state index contributed by atoms with van der Waals surface area (Å²) in [5.41, 5.74) is 0. The third-order valence-corrected chi connectivity index (χ3v) is 7.22. The summed E-state index contributed by atoms with van der Waals surface area (Å²) in [5.74, 6) is -0.278. The number of ether oxygens (including phenoxy) is 4. The highest BCUT2D eigenvalue weighted by atomic mass is 16.7. The number of carbonyl (C=O) groups excluding carboxylic acids is 1. The molecule has 9 N–H and O–H groups in total. The van der Waals surface area contributed by atoms with Gasteiger partial charge in [0.05, 0.1) is 32.0 Å². The summed E-state index contributed by atoms with van der Waals surface area (Å²) in [5, 5.41) is 84.5. The van der Waals surface area contributed by atoms with E-state index in [4.69, 9.17) is 18.9 Å². The second-order valence-electron chi connectivity index (χ2n) is 10.5. The maximum Gasteiger partial charge on any atom is 0.220 e. The largest absolute Gasteiger partial charge is 0.394 e. The normalized spacial score (nSPS) is 35.9. The summed E-state index contributed by atoms with van der Waals surface area (Å²) in [7, 11) is 0. The quantitative estimate of drug-likeness (QED) is 0.0643. The van der Waals surface area contributed by atoms with Crippen LogP contribution < -0.4 is 5.32 Å². The van der Waals surface area contributed by atoms with Gasteiger partial charge >= 0.3 is 0 Å². The second-order valence-corrected chi connectivity index (χ2v) is 10.5. The van der Waals surface area contributed by atoms with Crippen molar-refractivity contribution in [1.82, 2.24) is 5.32 Å². The summed E-state index contributed by atoms with van der Waals surface area (Å²) >= 11 is 0. The molecule has 0 saturated carbocycles. The van der Waals surface area contributed by atoms with Crippen molar-refractivity contribution < 1.29 is 64.6 Å². The van der Waals surface area contributed by atoms with Crippen LogP contribution >= 0.6 is 0 Å². The number of carbonyl (C=O) groups is 1. The maximum absolute atomic E-state index is 12.5. The Hall–Kier alpha value is -1.27. The number of aliphatic hydroxyl groups is 8. The number of hydrogen-bond acceptors (Lipinski definition) is 13. The first-order valence-corrected chi connectivity index (χ1v) is 14.4. The molecule has 0 aromatic carbocycles. The zero-order chi connectivity index (χ0) is 30.5. The highest BCUT2D eigenvalue weighted by molar-refractivity contribution is 5.76. The van der Waals surface area contributed by atoms with Crippen LogP contribution in [0.5, 0.6) is 0 Å². The van der Waals surface area contributed by atoms with Gasteiger partial charge in [-0.3, -0.25) is 4.79 Å². The Bertz CT molecular complexity index is 769. The Balaban J connectivity index is 2.07. The monoisotopic (exact) mass is 595 g/mol. The molecule has 2 saturated heterocycles. The van der Waals surface area contributed by atoms with Crippen LogP contribution in [0.4, 0.5) is 0 Å². The second kappa shape index (κ2) is 18.4. The number of aliphatic hydroxyl groups excluding tert-OH is 8. The molecular weight excluding hydrogens is 546 g/mol. The molecule has 0 aromatic rings. The van der Waals surface area contributed by atoms with Crippen molar-refractivity contribution in [3.8, 4) is 0 Å². The predicted octanol–water partition coefficient (Wildman–Crippen LogP) is -2.20. The van der Waals surface area contributed by atoms with Gasteiger partial charge in [0.1, 0.15) is 48.8 Å². The lowest BCUT2D eigenvalue weighted by molar-refractivity contribution is -0.359. The van der Waals surface area contributed by atoms with E-state index in [0.29, 0.717) is 6.42 Å². The van der Waals surface area contributed by atoms with Crippen molar-refractivity contribution in [2.45, 2.75) is 132 Å². The van der Waals surface area contributed by atoms with Gasteiger partial charge in [0, 0.05) is 6.42 Å². The van der Waals surface area contributed by atoms with E-state index in [2.05, 4.69) is 5.32 Å². The Labute approximate surface area is 240 Å². The van der Waals surface area contributed by atoms with Crippen molar-refractivity contribution in [1.29, 1.82) is 0 Å². The van der Waals surface area contributed by atoms with Gasteiger partial charge in [0.2, 0.25) is 5.91 Å². The van der Waals surface area contributed by atoms with E-state index >= 15 is 0 Å². The Morgan fingerprint density at radius 1 is 0.854 bits per heavy atom. The average molecular weight is 596 g/mol. The fraction of sp³-hybridized carbons (Fsp3) is 0.889. The lowest BCUT2D eigenvalue weighted by Crippen LogP contribution is -2.65. The van der Waals surface area contributed by atoms with E-state index in [1.165, 1.54) is 0 Å². The molecule has 0 bridgehead atoms. The summed E-state index contributed by atoms with van der Waals surface area (Å²) in [6.07, 6.45) is -8.11. The number of amides is 1. The number of rotatable bonds is 17. The Kier molecular flexibility index (Phi) is 16.1. The fourth-order valence-electron chi connectivity index (χ4n) is 4.62. The van der Waals surface area contributed by atoms with Crippen LogP contribution in [-0.4, -0.2) is 140 Å². The molecule has 0 radical (unpaired) electrons. The molecule has 14 nitrogen and oxygen atoms in total. The van der Waals surface area contributed by atoms with Crippen LogP contribution in [0.25, 0.3) is 0 Å². The highest BCUT2D eigenvalue weighted by Gasteiger charge is 2.50. The van der Waals surface area contributed by atoms with Gasteiger partial charge in [-0.25, -0.2) is 0 Å². The molecule has 240 valence electrons. The number of nitrogens with one attached hydrogen (secondary N) is 1. The first-order chi connectivity index (χ1) is 19.6. The van der Waals surface area contributed by atoms with Crippen molar-refractivity contribution in [3.05, 3.63) is 12.2 Å². The third kappa shape index (κ3) is 10.4.